The molecule has 2 atom stereocenters. The van der Waals surface area contributed by atoms with Crippen molar-refractivity contribution in [3.05, 3.63) is 12.4 Å². The van der Waals surface area contributed by atoms with E-state index >= 15 is 0 Å². The average Bonchev–Trinajstić information content (AvgIpc) is 3.22. The largest absolute Gasteiger partial charge is 0.498 e. The SMILES string of the molecule is CN(c1ncc(B2OC(C)(C)C(C)(C)O2)cn1)[C@H]1CCN(C(=O)[C@@H](O)CO)C1. The summed E-state index contributed by atoms with van der Waals surface area (Å²) >= 11 is 0. The number of aliphatic hydroxyl groups is 2. The zero-order valence-corrected chi connectivity index (χ0v) is 17.1. The van der Waals surface area contributed by atoms with E-state index in [1.165, 1.54) is 0 Å². The Morgan fingerprint density at radius 1 is 1.32 bits per heavy atom. The van der Waals surface area contributed by atoms with E-state index in [2.05, 4.69) is 9.97 Å². The first kappa shape index (κ1) is 21.0. The zero-order valence-electron chi connectivity index (χ0n) is 17.1. The van der Waals surface area contributed by atoms with Crippen LogP contribution in [0.4, 0.5) is 5.95 Å². The Balaban J connectivity index is 1.64. The Morgan fingerprint density at radius 2 is 1.89 bits per heavy atom. The van der Waals surface area contributed by atoms with E-state index in [1.807, 2.05) is 39.6 Å². The molecule has 1 amide bonds. The smallest absolute Gasteiger partial charge is 0.399 e. The minimum atomic E-state index is -1.36. The predicted octanol–water partition coefficient (Wildman–Crippen LogP) is -0.834. The first-order valence-corrected chi connectivity index (χ1v) is 9.54. The van der Waals surface area contributed by atoms with E-state index in [-0.39, 0.29) is 6.04 Å². The van der Waals surface area contributed by atoms with Crippen molar-refractivity contribution in [3.63, 3.8) is 0 Å². The van der Waals surface area contributed by atoms with Crippen molar-refractivity contribution in [1.29, 1.82) is 0 Å². The number of nitrogens with zero attached hydrogens (tertiary/aromatic N) is 4. The summed E-state index contributed by atoms with van der Waals surface area (Å²) in [6.07, 6.45) is 2.78. The Kier molecular flexibility index (Phi) is 5.68. The lowest BCUT2D eigenvalue weighted by atomic mass is 9.81. The Labute approximate surface area is 165 Å². The minimum absolute atomic E-state index is 0.0394. The van der Waals surface area contributed by atoms with Gasteiger partial charge >= 0.3 is 7.12 Å². The van der Waals surface area contributed by atoms with Crippen LogP contribution < -0.4 is 10.4 Å². The summed E-state index contributed by atoms with van der Waals surface area (Å²) in [6, 6.07) is 0.0394. The van der Waals surface area contributed by atoms with Crippen molar-refractivity contribution in [2.75, 3.05) is 31.6 Å². The van der Waals surface area contributed by atoms with Gasteiger partial charge in [0.15, 0.2) is 6.10 Å². The number of likely N-dealkylation sites (tertiary alicyclic amines) is 1. The van der Waals surface area contributed by atoms with E-state index in [4.69, 9.17) is 14.4 Å². The summed E-state index contributed by atoms with van der Waals surface area (Å²) in [4.78, 5) is 24.4. The fourth-order valence-corrected chi connectivity index (χ4v) is 3.32. The summed E-state index contributed by atoms with van der Waals surface area (Å²) in [6.45, 7) is 8.40. The standard InChI is InChI=1S/C18H29BN4O5/c1-17(2)18(3,4)28-19(27-17)12-8-20-16(21-9-12)22(5)13-6-7-23(10-13)15(26)14(25)11-24/h8-9,13-14,24-25H,6-7,10-11H2,1-5H3/t13-,14-/m0/s1. The molecule has 3 heterocycles. The van der Waals surface area contributed by atoms with Crippen molar-refractivity contribution in [2.45, 2.75) is 57.5 Å². The number of carbonyl (C=O) groups is 1. The van der Waals surface area contributed by atoms with E-state index in [1.54, 1.807) is 17.3 Å². The molecule has 2 aliphatic rings. The Bertz CT molecular complexity index is 698. The number of aromatic nitrogens is 2. The molecule has 0 spiro atoms. The fraction of sp³-hybridized carbons (Fsp3) is 0.722. The Morgan fingerprint density at radius 3 is 2.43 bits per heavy atom. The molecule has 1 aromatic rings. The van der Waals surface area contributed by atoms with Crippen molar-refractivity contribution >= 4 is 24.4 Å². The summed E-state index contributed by atoms with van der Waals surface area (Å²) in [5.41, 5.74) is -0.0943. The molecule has 2 aliphatic heterocycles. The second kappa shape index (κ2) is 7.59. The molecule has 0 radical (unpaired) electrons. The van der Waals surface area contributed by atoms with Crippen LogP contribution in [0.2, 0.25) is 0 Å². The third-order valence-electron chi connectivity index (χ3n) is 5.98. The number of hydrogen-bond donors (Lipinski definition) is 2. The number of carbonyl (C=O) groups excluding carboxylic acids is 1. The van der Waals surface area contributed by atoms with Gasteiger partial charge in [0.2, 0.25) is 5.95 Å². The van der Waals surface area contributed by atoms with Gasteiger partial charge in [0.05, 0.1) is 23.9 Å². The monoisotopic (exact) mass is 392 g/mol. The highest BCUT2D eigenvalue weighted by atomic mass is 16.7. The number of likely N-dealkylation sites (N-methyl/N-ethyl adjacent to an activating group) is 1. The van der Waals surface area contributed by atoms with Gasteiger partial charge < -0.3 is 29.3 Å². The van der Waals surface area contributed by atoms with Crippen molar-refractivity contribution < 1.29 is 24.3 Å². The van der Waals surface area contributed by atoms with Crippen LogP contribution in [-0.4, -0.2) is 88.2 Å². The minimum Gasteiger partial charge on any atom is -0.399 e. The molecule has 28 heavy (non-hydrogen) atoms. The van der Waals surface area contributed by atoms with Gasteiger partial charge in [-0.25, -0.2) is 9.97 Å². The van der Waals surface area contributed by atoms with Crippen LogP contribution in [0.25, 0.3) is 0 Å². The lowest BCUT2D eigenvalue weighted by molar-refractivity contribution is -0.141. The van der Waals surface area contributed by atoms with Crippen LogP contribution in [0.3, 0.4) is 0 Å². The van der Waals surface area contributed by atoms with Crippen LogP contribution in [0.15, 0.2) is 12.4 Å². The summed E-state index contributed by atoms with van der Waals surface area (Å²) in [5.74, 6) is 0.0951. The highest BCUT2D eigenvalue weighted by Gasteiger charge is 2.52. The van der Waals surface area contributed by atoms with Crippen LogP contribution in [0.5, 0.6) is 0 Å². The molecule has 1 aromatic heterocycles. The van der Waals surface area contributed by atoms with E-state index in [9.17, 15) is 9.90 Å². The van der Waals surface area contributed by atoms with Gasteiger partial charge in [0.1, 0.15) is 0 Å². The van der Waals surface area contributed by atoms with Gasteiger partial charge in [-0.2, -0.15) is 0 Å². The lowest BCUT2D eigenvalue weighted by Crippen LogP contribution is -2.42. The summed E-state index contributed by atoms with van der Waals surface area (Å²) in [7, 11) is 1.37. The molecular weight excluding hydrogens is 363 g/mol. The normalized spacial score (nSPS) is 24.5. The topological polar surface area (TPSA) is 108 Å². The van der Waals surface area contributed by atoms with Gasteiger partial charge in [-0.3, -0.25) is 4.79 Å². The van der Waals surface area contributed by atoms with Gasteiger partial charge in [0, 0.05) is 38.0 Å². The number of aliphatic hydroxyl groups excluding tert-OH is 2. The average molecular weight is 392 g/mol. The van der Waals surface area contributed by atoms with Crippen molar-refractivity contribution in [2.24, 2.45) is 0 Å². The molecule has 2 N–H and O–H groups in total. The molecule has 0 unspecified atom stereocenters. The van der Waals surface area contributed by atoms with Gasteiger partial charge in [-0.05, 0) is 34.1 Å². The molecule has 0 bridgehead atoms. The molecule has 0 saturated carbocycles. The first-order valence-electron chi connectivity index (χ1n) is 9.54. The van der Waals surface area contributed by atoms with E-state index in [0.717, 1.165) is 11.9 Å². The molecular formula is C18H29BN4O5. The summed E-state index contributed by atoms with van der Waals surface area (Å²) in [5, 5.41) is 18.5. The zero-order chi connectivity index (χ0) is 20.7. The maximum atomic E-state index is 12.0. The number of amides is 1. The summed E-state index contributed by atoms with van der Waals surface area (Å²) < 4.78 is 12.0. The third kappa shape index (κ3) is 3.87. The number of anilines is 1. The van der Waals surface area contributed by atoms with Crippen LogP contribution in [0, 0.1) is 0 Å². The van der Waals surface area contributed by atoms with Gasteiger partial charge in [0.25, 0.3) is 5.91 Å². The predicted molar refractivity (Wildman–Crippen MR) is 104 cm³/mol. The molecule has 3 rings (SSSR count). The maximum Gasteiger partial charge on any atom is 0.498 e. The quantitative estimate of drug-likeness (QED) is 0.625. The highest BCUT2D eigenvalue weighted by Crippen LogP contribution is 2.36. The van der Waals surface area contributed by atoms with E-state index < -0.39 is 36.9 Å². The lowest BCUT2D eigenvalue weighted by Gasteiger charge is -2.32. The van der Waals surface area contributed by atoms with Crippen LogP contribution in [0.1, 0.15) is 34.1 Å². The molecule has 0 aliphatic carbocycles. The molecule has 10 heteroatoms. The molecule has 2 fully saturated rings. The first-order chi connectivity index (χ1) is 13.1. The fourth-order valence-electron chi connectivity index (χ4n) is 3.32. The molecule has 0 aromatic carbocycles. The molecule has 2 saturated heterocycles. The van der Waals surface area contributed by atoms with Crippen molar-refractivity contribution in [1.82, 2.24) is 14.9 Å². The van der Waals surface area contributed by atoms with Crippen molar-refractivity contribution in [3.8, 4) is 0 Å². The second-order valence-corrected chi connectivity index (χ2v) is 8.44. The highest BCUT2D eigenvalue weighted by molar-refractivity contribution is 6.61. The Hall–Kier alpha value is -1.75. The number of hydrogen-bond acceptors (Lipinski definition) is 8. The van der Waals surface area contributed by atoms with E-state index in [0.29, 0.717) is 19.0 Å². The number of rotatable bonds is 5. The maximum absolute atomic E-state index is 12.0. The van der Waals surface area contributed by atoms with Crippen LogP contribution in [-0.2, 0) is 14.1 Å². The van der Waals surface area contributed by atoms with Gasteiger partial charge in [-0.1, -0.05) is 0 Å². The second-order valence-electron chi connectivity index (χ2n) is 8.44. The van der Waals surface area contributed by atoms with Gasteiger partial charge in [-0.15, -0.1) is 0 Å². The van der Waals surface area contributed by atoms with Crippen LogP contribution >= 0.6 is 0 Å². The third-order valence-corrected chi connectivity index (χ3v) is 5.98. The molecule has 9 nitrogen and oxygen atoms in total. The molecule has 154 valence electrons.